The zero-order valence-corrected chi connectivity index (χ0v) is 23.9. The minimum atomic E-state index is -0.176. The van der Waals surface area contributed by atoms with Gasteiger partial charge in [-0.3, -0.25) is 9.59 Å². The fraction of sp³-hybridized carbons (Fsp3) is 0.438. The lowest BCUT2D eigenvalue weighted by molar-refractivity contribution is -0.135. The lowest BCUT2D eigenvalue weighted by Gasteiger charge is -2.37. The van der Waals surface area contributed by atoms with Gasteiger partial charge in [0.2, 0.25) is 5.91 Å². The highest BCUT2D eigenvalue weighted by molar-refractivity contribution is 7.10. The third-order valence-electron chi connectivity index (χ3n) is 7.89. The molecule has 3 heterocycles. The van der Waals surface area contributed by atoms with Crippen LogP contribution in [0, 0.1) is 0 Å². The molecule has 1 atom stereocenters. The Bertz CT molecular complexity index is 1240. The van der Waals surface area contributed by atoms with Crippen LogP contribution in [0.2, 0.25) is 0 Å². The molecule has 1 unspecified atom stereocenters. The summed E-state index contributed by atoms with van der Waals surface area (Å²) in [5, 5.41) is 2.10. The van der Waals surface area contributed by atoms with Crippen LogP contribution in [0.3, 0.4) is 0 Å². The number of hydrogen-bond acceptors (Lipinski definition) is 5. The highest BCUT2D eigenvalue weighted by Gasteiger charge is 2.34. The van der Waals surface area contributed by atoms with Crippen molar-refractivity contribution in [1.29, 1.82) is 0 Å². The van der Waals surface area contributed by atoms with Crippen LogP contribution in [0.15, 0.2) is 66.0 Å². The van der Waals surface area contributed by atoms with Crippen molar-refractivity contribution in [1.82, 2.24) is 14.7 Å². The minimum Gasteiger partial charge on any atom is -0.491 e. The molecule has 1 aromatic heterocycles. The normalized spacial score (nSPS) is 17.3. The summed E-state index contributed by atoms with van der Waals surface area (Å²) < 4.78 is 6.25. The predicted molar refractivity (Wildman–Crippen MR) is 157 cm³/mol. The SMILES string of the molecule is CC(C)c1ccc(OCC2c3ccsc3CCN2C(=O)CN(CCN2CCCC2)C(=O)c2ccccc2)cc1. The maximum Gasteiger partial charge on any atom is 0.254 e. The number of thiophene rings is 1. The fourth-order valence-corrected chi connectivity index (χ4v) is 6.47. The first-order valence-corrected chi connectivity index (χ1v) is 15.0. The molecular formula is C32H39N3O3S. The summed E-state index contributed by atoms with van der Waals surface area (Å²) in [5.74, 6) is 1.15. The van der Waals surface area contributed by atoms with Gasteiger partial charge in [0.25, 0.3) is 5.91 Å². The third kappa shape index (κ3) is 6.71. The number of ether oxygens (including phenoxy) is 1. The van der Waals surface area contributed by atoms with Crippen molar-refractivity contribution in [3.63, 3.8) is 0 Å². The molecular weight excluding hydrogens is 506 g/mol. The standard InChI is InChI=1S/C32H39N3O3S/c1-24(2)25-10-12-27(13-11-25)38-23-29-28-15-21-39-30(28)14-18-35(29)31(36)22-34(20-19-33-16-6-7-17-33)32(37)26-8-4-3-5-9-26/h3-5,8-13,15,21,24,29H,6-7,14,16-20,22-23H2,1-2H3. The third-order valence-corrected chi connectivity index (χ3v) is 8.89. The Labute approximate surface area is 236 Å². The zero-order valence-electron chi connectivity index (χ0n) is 23.1. The summed E-state index contributed by atoms with van der Waals surface area (Å²) in [5.41, 5.74) is 3.06. The van der Waals surface area contributed by atoms with E-state index in [9.17, 15) is 9.59 Å². The molecule has 0 radical (unpaired) electrons. The molecule has 206 valence electrons. The molecule has 39 heavy (non-hydrogen) atoms. The molecule has 1 saturated heterocycles. The van der Waals surface area contributed by atoms with Gasteiger partial charge in [0.1, 0.15) is 18.9 Å². The lowest BCUT2D eigenvalue weighted by atomic mass is 10.00. The summed E-state index contributed by atoms with van der Waals surface area (Å²) in [7, 11) is 0. The molecule has 1 fully saturated rings. The molecule has 3 aromatic rings. The number of rotatable bonds is 10. The number of hydrogen-bond donors (Lipinski definition) is 0. The van der Waals surface area contributed by atoms with E-state index in [0.717, 1.165) is 37.4 Å². The Morgan fingerprint density at radius 3 is 2.46 bits per heavy atom. The van der Waals surface area contributed by atoms with Crippen molar-refractivity contribution in [3.8, 4) is 5.75 Å². The van der Waals surface area contributed by atoms with Crippen molar-refractivity contribution in [2.24, 2.45) is 0 Å². The van der Waals surface area contributed by atoms with Gasteiger partial charge in [-0.25, -0.2) is 0 Å². The number of amides is 2. The van der Waals surface area contributed by atoms with E-state index in [2.05, 4.69) is 42.3 Å². The Kier molecular flexibility index (Phi) is 8.99. The first kappa shape index (κ1) is 27.4. The molecule has 2 aliphatic rings. The second-order valence-electron chi connectivity index (χ2n) is 10.8. The zero-order chi connectivity index (χ0) is 27.2. The van der Waals surface area contributed by atoms with E-state index in [0.29, 0.717) is 31.2 Å². The molecule has 7 heteroatoms. The summed E-state index contributed by atoms with van der Waals surface area (Å²) in [6.07, 6.45) is 3.23. The monoisotopic (exact) mass is 545 g/mol. The van der Waals surface area contributed by atoms with E-state index in [4.69, 9.17) is 4.74 Å². The van der Waals surface area contributed by atoms with Crippen molar-refractivity contribution < 1.29 is 14.3 Å². The Morgan fingerprint density at radius 2 is 1.74 bits per heavy atom. The Hall–Kier alpha value is -3.16. The van der Waals surface area contributed by atoms with Crippen LogP contribution >= 0.6 is 11.3 Å². The van der Waals surface area contributed by atoms with E-state index in [1.165, 1.54) is 23.3 Å². The van der Waals surface area contributed by atoms with Crippen LogP contribution in [-0.2, 0) is 11.2 Å². The molecule has 0 bridgehead atoms. The first-order chi connectivity index (χ1) is 19.0. The molecule has 0 N–H and O–H groups in total. The average Bonchev–Trinajstić information content (AvgIpc) is 3.66. The van der Waals surface area contributed by atoms with Crippen molar-refractivity contribution in [3.05, 3.63) is 87.6 Å². The summed E-state index contributed by atoms with van der Waals surface area (Å²) in [6, 6.07) is 19.5. The Balaban J connectivity index is 1.31. The molecule has 2 aromatic carbocycles. The van der Waals surface area contributed by atoms with Crippen LogP contribution in [0.1, 0.15) is 65.0 Å². The van der Waals surface area contributed by atoms with Crippen LogP contribution in [0.4, 0.5) is 0 Å². The van der Waals surface area contributed by atoms with Crippen LogP contribution in [0.25, 0.3) is 0 Å². The van der Waals surface area contributed by atoms with Crippen molar-refractivity contribution in [2.75, 3.05) is 45.9 Å². The van der Waals surface area contributed by atoms with Gasteiger partial charge in [-0.2, -0.15) is 0 Å². The quantitative estimate of drug-likeness (QED) is 0.332. The van der Waals surface area contributed by atoms with E-state index in [-0.39, 0.29) is 24.4 Å². The van der Waals surface area contributed by atoms with Crippen molar-refractivity contribution in [2.45, 2.75) is 45.1 Å². The number of carbonyl (C=O) groups is 2. The van der Waals surface area contributed by atoms with Gasteiger partial charge in [0, 0.05) is 30.1 Å². The van der Waals surface area contributed by atoms with Crippen LogP contribution in [-0.4, -0.2) is 72.4 Å². The molecule has 2 amide bonds. The predicted octanol–water partition coefficient (Wildman–Crippen LogP) is 5.61. The van der Waals surface area contributed by atoms with Gasteiger partial charge >= 0.3 is 0 Å². The molecule has 0 spiro atoms. The molecule has 0 saturated carbocycles. The number of benzene rings is 2. The van der Waals surface area contributed by atoms with E-state index < -0.39 is 0 Å². The molecule has 0 aliphatic carbocycles. The number of likely N-dealkylation sites (tertiary alicyclic amines) is 1. The fourth-order valence-electron chi connectivity index (χ4n) is 5.54. The average molecular weight is 546 g/mol. The molecule has 6 nitrogen and oxygen atoms in total. The maximum atomic E-state index is 13.9. The Morgan fingerprint density at radius 1 is 1.00 bits per heavy atom. The van der Waals surface area contributed by atoms with E-state index in [1.54, 1.807) is 16.2 Å². The number of carbonyl (C=O) groups excluding carboxylic acids is 2. The summed E-state index contributed by atoms with van der Waals surface area (Å²) in [6.45, 7) is 8.90. The molecule has 2 aliphatic heterocycles. The minimum absolute atomic E-state index is 0.0266. The highest BCUT2D eigenvalue weighted by Crippen LogP contribution is 2.34. The highest BCUT2D eigenvalue weighted by atomic mass is 32.1. The van der Waals surface area contributed by atoms with Gasteiger partial charge in [-0.1, -0.05) is 44.2 Å². The summed E-state index contributed by atoms with van der Waals surface area (Å²) in [4.78, 5) is 34.8. The van der Waals surface area contributed by atoms with Crippen LogP contribution < -0.4 is 4.74 Å². The van der Waals surface area contributed by atoms with Gasteiger partial charge < -0.3 is 19.4 Å². The second-order valence-corrected chi connectivity index (χ2v) is 11.8. The van der Waals surface area contributed by atoms with Gasteiger partial charge in [0.15, 0.2) is 0 Å². The largest absolute Gasteiger partial charge is 0.491 e. The van der Waals surface area contributed by atoms with Gasteiger partial charge in [-0.15, -0.1) is 11.3 Å². The van der Waals surface area contributed by atoms with Crippen LogP contribution in [0.5, 0.6) is 5.75 Å². The molecule has 5 rings (SSSR count). The smallest absolute Gasteiger partial charge is 0.254 e. The van der Waals surface area contributed by atoms with Gasteiger partial charge in [-0.05, 0) is 85.1 Å². The lowest BCUT2D eigenvalue weighted by Crippen LogP contribution is -2.49. The number of fused-ring (bicyclic) bond motifs is 1. The summed E-state index contributed by atoms with van der Waals surface area (Å²) >= 11 is 1.74. The van der Waals surface area contributed by atoms with Crippen molar-refractivity contribution >= 4 is 23.2 Å². The first-order valence-electron chi connectivity index (χ1n) is 14.1. The van der Waals surface area contributed by atoms with E-state index >= 15 is 0 Å². The topological polar surface area (TPSA) is 53.1 Å². The number of nitrogens with zero attached hydrogens (tertiary/aromatic N) is 3. The maximum absolute atomic E-state index is 13.9. The second kappa shape index (κ2) is 12.8. The van der Waals surface area contributed by atoms with E-state index in [1.807, 2.05) is 47.4 Å². The van der Waals surface area contributed by atoms with Gasteiger partial charge in [0.05, 0.1) is 6.04 Å².